The largest absolute Gasteiger partial charge is 0.365 e. The van der Waals surface area contributed by atoms with E-state index in [-0.39, 0.29) is 17.8 Å². The Morgan fingerprint density at radius 3 is 2.20 bits per heavy atom. The Morgan fingerprint density at radius 1 is 0.886 bits per heavy atom. The Morgan fingerprint density at radius 2 is 1.54 bits per heavy atom. The molecule has 4 aromatic rings. The van der Waals surface area contributed by atoms with Crippen LogP contribution in [0.1, 0.15) is 36.5 Å². The van der Waals surface area contributed by atoms with E-state index in [0.717, 1.165) is 38.9 Å². The molecule has 3 heterocycles. The molecule has 7 nitrogen and oxygen atoms in total. The number of aromatic amines is 1. The van der Waals surface area contributed by atoms with Gasteiger partial charge in [-0.3, -0.25) is 14.3 Å². The highest BCUT2D eigenvalue weighted by atomic mass is 16.5. The smallest absolute Gasteiger partial charge is 0.329 e. The van der Waals surface area contributed by atoms with E-state index in [1.807, 2.05) is 12.1 Å². The molecule has 0 aliphatic carbocycles. The first-order valence-electron chi connectivity index (χ1n) is 12.2. The molecule has 5 rings (SSSR count). The molecule has 0 atom stereocenters. The molecular formula is C28H30N4O3. The van der Waals surface area contributed by atoms with E-state index in [1.54, 1.807) is 22.9 Å². The lowest BCUT2D eigenvalue weighted by molar-refractivity contribution is -0.0271. The molecule has 1 saturated heterocycles. The summed E-state index contributed by atoms with van der Waals surface area (Å²) in [6.45, 7) is 3.32. The summed E-state index contributed by atoms with van der Waals surface area (Å²) in [6.07, 6.45) is 4.49. The number of fused-ring (bicyclic) bond motifs is 1. The third kappa shape index (κ3) is 5.42. The predicted molar refractivity (Wildman–Crippen MR) is 137 cm³/mol. The summed E-state index contributed by atoms with van der Waals surface area (Å²) < 4.78 is 8.21. The van der Waals surface area contributed by atoms with Crippen molar-refractivity contribution in [3.8, 4) is 0 Å². The second-order valence-corrected chi connectivity index (χ2v) is 9.02. The molecule has 0 bridgehead atoms. The van der Waals surface area contributed by atoms with Crippen molar-refractivity contribution in [3.05, 3.63) is 111 Å². The number of nitrogens with zero attached hydrogens (tertiary/aromatic N) is 3. The zero-order chi connectivity index (χ0) is 24.0. The molecule has 180 valence electrons. The summed E-state index contributed by atoms with van der Waals surface area (Å²) in [6, 6.07) is 24.2. The molecule has 1 fully saturated rings. The highest BCUT2D eigenvalue weighted by molar-refractivity contribution is 5.73. The van der Waals surface area contributed by atoms with E-state index in [1.165, 1.54) is 11.1 Å². The van der Waals surface area contributed by atoms with Gasteiger partial charge in [0.1, 0.15) is 11.8 Å². The van der Waals surface area contributed by atoms with Gasteiger partial charge in [-0.25, -0.2) is 9.78 Å². The summed E-state index contributed by atoms with van der Waals surface area (Å²) >= 11 is 0. The standard InChI is InChI=1S/C28H30N4O3/c33-27-24-13-7-16-29-26(24)32(28(34)30-27)18-8-17-31-19-14-23(15-20-31)35-25(21-9-3-1-4-10-21)22-11-5-2-6-12-22/h1-7,9-13,16,23,25H,8,14-15,17-20H2,(H,30,33,34). The van der Waals surface area contributed by atoms with E-state index in [0.29, 0.717) is 17.6 Å². The second kappa shape index (κ2) is 10.8. The molecule has 0 amide bonds. The maximum absolute atomic E-state index is 12.4. The fraction of sp³-hybridized carbons (Fsp3) is 0.321. The average molecular weight is 471 g/mol. The molecule has 0 unspecified atom stereocenters. The Labute approximate surface area is 204 Å². The highest BCUT2D eigenvalue weighted by Crippen LogP contribution is 2.30. The van der Waals surface area contributed by atoms with Gasteiger partial charge in [0.05, 0.1) is 11.5 Å². The minimum Gasteiger partial charge on any atom is -0.365 e. The molecule has 1 aliphatic rings. The van der Waals surface area contributed by atoms with Gasteiger partial charge in [0.2, 0.25) is 0 Å². The summed E-state index contributed by atoms with van der Waals surface area (Å²) in [5, 5.41) is 0.441. The molecule has 1 aliphatic heterocycles. The highest BCUT2D eigenvalue weighted by Gasteiger charge is 2.24. The third-order valence-corrected chi connectivity index (χ3v) is 6.68. The molecule has 7 heteroatoms. The molecular weight excluding hydrogens is 440 g/mol. The lowest BCUT2D eigenvalue weighted by atomic mass is 10.00. The fourth-order valence-corrected chi connectivity index (χ4v) is 4.84. The second-order valence-electron chi connectivity index (χ2n) is 9.02. The van der Waals surface area contributed by atoms with Gasteiger partial charge in [-0.15, -0.1) is 0 Å². The van der Waals surface area contributed by atoms with Gasteiger partial charge in [-0.1, -0.05) is 60.7 Å². The molecule has 0 saturated carbocycles. The van der Waals surface area contributed by atoms with E-state index in [9.17, 15) is 9.59 Å². The van der Waals surface area contributed by atoms with Crippen LogP contribution >= 0.6 is 0 Å². The molecule has 1 N–H and O–H groups in total. The number of ether oxygens (including phenoxy) is 1. The average Bonchev–Trinajstić information content (AvgIpc) is 2.91. The van der Waals surface area contributed by atoms with Crippen molar-refractivity contribution >= 4 is 11.0 Å². The van der Waals surface area contributed by atoms with Gasteiger partial charge in [-0.2, -0.15) is 0 Å². The summed E-state index contributed by atoms with van der Waals surface area (Å²) in [7, 11) is 0. The fourth-order valence-electron chi connectivity index (χ4n) is 4.84. The number of aryl methyl sites for hydroxylation is 1. The van der Waals surface area contributed by atoms with Gasteiger partial charge in [-0.05, 0) is 49.1 Å². The van der Waals surface area contributed by atoms with Crippen LogP contribution in [0.25, 0.3) is 11.0 Å². The Balaban J connectivity index is 1.17. The van der Waals surface area contributed by atoms with Crippen LogP contribution in [0.3, 0.4) is 0 Å². The Kier molecular flexibility index (Phi) is 7.16. The zero-order valence-electron chi connectivity index (χ0n) is 19.7. The van der Waals surface area contributed by atoms with E-state index < -0.39 is 5.69 Å². The Hall–Kier alpha value is -3.55. The number of nitrogens with one attached hydrogen (secondary N) is 1. The predicted octanol–water partition coefficient (Wildman–Crippen LogP) is 3.75. The quantitative estimate of drug-likeness (QED) is 0.424. The normalized spacial score (nSPS) is 15.1. The van der Waals surface area contributed by atoms with Crippen molar-refractivity contribution in [1.82, 2.24) is 19.4 Å². The lowest BCUT2D eigenvalue weighted by Gasteiger charge is -2.34. The number of aromatic nitrogens is 3. The SMILES string of the molecule is O=c1[nH]c(=O)n(CCCN2CCC(OC(c3ccccc3)c3ccccc3)CC2)c2ncccc12. The number of piperidine rings is 1. The van der Waals surface area contributed by atoms with Crippen LogP contribution in [-0.2, 0) is 11.3 Å². The monoisotopic (exact) mass is 470 g/mol. The van der Waals surface area contributed by atoms with Crippen molar-refractivity contribution in [2.45, 2.75) is 38.0 Å². The van der Waals surface area contributed by atoms with E-state index in [4.69, 9.17) is 4.74 Å². The number of rotatable bonds is 8. The summed E-state index contributed by atoms with van der Waals surface area (Å²) in [5.74, 6) is 0. The van der Waals surface area contributed by atoms with Crippen molar-refractivity contribution in [1.29, 1.82) is 0 Å². The minimum atomic E-state index is -0.402. The maximum Gasteiger partial charge on any atom is 0.329 e. The number of H-pyrrole nitrogens is 1. The topological polar surface area (TPSA) is 80.2 Å². The minimum absolute atomic E-state index is 0.0677. The van der Waals surface area contributed by atoms with Crippen molar-refractivity contribution in [2.75, 3.05) is 19.6 Å². The third-order valence-electron chi connectivity index (χ3n) is 6.68. The number of benzene rings is 2. The molecule has 0 spiro atoms. The van der Waals surface area contributed by atoms with Crippen molar-refractivity contribution < 1.29 is 4.74 Å². The first-order chi connectivity index (χ1) is 17.2. The number of hydrogen-bond acceptors (Lipinski definition) is 5. The van der Waals surface area contributed by atoms with Gasteiger partial charge < -0.3 is 9.64 Å². The maximum atomic E-state index is 12.4. The molecule has 2 aromatic heterocycles. The van der Waals surface area contributed by atoms with Gasteiger partial charge in [0, 0.05) is 25.8 Å². The summed E-state index contributed by atoms with van der Waals surface area (Å²) in [5.41, 5.74) is 2.00. The number of likely N-dealkylation sites (tertiary alicyclic amines) is 1. The Bertz CT molecular complexity index is 1320. The van der Waals surface area contributed by atoms with Crippen LogP contribution in [0.2, 0.25) is 0 Å². The van der Waals surface area contributed by atoms with Crippen LogP contribution < -0.4 is 11.2 Å². The first kappa shape index (κ1) is 23.2. The van der Waals surface area contributed by atoms with Crippen LogP contribution in [0.5, 0.6) is 0 Å². The summed E-state index contributed by atoms with van der Waals surface area (Å²) in [4.78, 5) is 33.5. The van der Waals surface area contributed by atoms with Crippen LogP contribution in [-0.4, -0.2) is 45.2 Å². The number of pyridine rings is 1. The van der Waals surface area contributed by atoms with Crippen molar-refractivity contribution in [3.63, 3.8) is 0 Å². The number of hydrogen-bond donors (Lipinski definition) is 1. The first-order valence-corrected chi connectivity index (χ1v) is 12.2. The van der Waals surface area contributed by atoms with E-state index in [2.05, 4.69) is 63.4 Å². The van der Waals surface area contributed by atoms with Gasteiger partial charge in [0.25, 0.3) is 5.56 Å². The van der Waals surface area contributed by atoms with Gasteiger partial charge in [0.15, 0.2) is 0 Å². The van der Waals surface area contributed by atoms with Crippen LogP contribution in [0.4, 0.5) is 0 Å². The van der Waals surface area contributed by atoms with E-state index >= 15 is 0 Å². The van der Waals surface area contributed by atoms with Crippen molar-refractivity contribution in [2.24, 2.45) is 0 Å². The molecule has 0 radical (unpaired) electrons. The lowest BCUT2D eigenvalue weighted by Crippen LogP contribution is -2.39. The molecule has 2 aromatic carbocycles. The van der Waals surface area contributed by atoms with Gasteiger partial charge >= 0.3 is 5.69 Å². The van der Waals surface area contributed by atoms with Crippen LogP contribution in [0, 0.1) is 0 Å². The zero-order valence-corrected chi connectivity index (χ0v) is 19.7. The van der Waals surface area contributed by atoms with Crippen LogP contribution in [0.15, 0.2) is 88.6 Å². The molecule has 35 heavy (non-hydrogen) atoms.